The van der Waals surface area contributed by atoms with Gasteiger partial charge in [-0.05, 0) is 18.6 Å². The number of halogens is 7. The van der Waals surface area contributed by atoms with Crippen LogP contribution in [0.15, 0.2) is 36.4 Å². The van der Waals surface area contributed by atoms with Crippen molar-refractivity contribution in [1.82, 2.24) is 0 Å². The highest BCUT2D eigenvalue weighted by Gasteiger charge is 2.31. The van der Waals surface area contributed by atoms with Gasteiger partial charge >= 0.3 is 13.2 Å². The highest BCUT2D eigenvalue weighted by Crippen LogP contribution is 2.29. The molecule has 1 aliphatic rings. The third-order valence-electron chi connectivity index (χ3n) is 3.65. The summed E-state index contributed by atoms with van der Waals surface area (Å²) in [6, 6.07) is 6.15. The average molecular weight is 501 g/mol. The lowest BCUT2D eigenvalue weighted by Gasteiger charge is -2.17. The monoisotopic (exact) mass is 500 g/mol. The van der Waals surface area contributed by atoms with Crippen LogP contribution in [0.5, 0.6) is 11.5 Å². The summed E-state index contributed by atoms with van der Waals surface area (Å²) in [6.45, 7) is -5.59. The average Bonchev–Trinajstić information content (AvgIpc) is 2.92. The molecule has 164 valence electrons. The number of nitrogens with zero attached hydrogens (tertiary/aromatic N) is 1. The minimum Gasteiger partial charge on any atom is -0.435 e. The quantitative estimate of drug-likeness (QED) is 0.359. The summed E-state index contributed by atoms with van der Waals surface area (Å²) < 4.78 is 81.1. The van der Waals surface area contributed by atoms with Gasteiger partial charge in [-0.3, -0.25) is 4.79 Å². The summed E-state index contributed by atoms with van der Waals surface area (Å²) in [6.07, 6.45) is 0.584. The molecule has 1 amide bonds. The Morgan fingerprint density at radius 1 is 0.933 bits per heavy atom. The number of ether oxygens (including phenoxy) is 2. The van der Waals surface area contributed by atoms with Gasteiger partial charge in [-0.1, -0.05) is 15.9 Å². The molecule has 0 saturated carbocycles. The number of hydrogen-bond acceptors (Lipinski definition) is 4. The Kier molecular flexibility index (Phi) is 8.21. The van der Waals surface area contributed by atoms with Crippen LogP contribution in [-0.2, 0) is 4.79 Å². The van der Waals surface area contributed by atoms with E-state index >= 15 is 0 Å². The fourth-order valence-corrected chi connectivity index (χ4v) is 2.98. The molecule has 2 N–H and O–H groups in total. The summed E-state index contributed by atoms with van der Waals surface area (Å²) >= 11 is 3.18. The molecule has 12 heteroatoms. The van der Waals surface area contributed by atoms with Gasteiger partial charge in [0.05, 0.1) is 10.5 Å². The molecule has 3 rings (SSSR count). The molecule has 1 unspecified atom stereocenters. The van der Waals surface area contributed by atoms with Gasteiger partial charge in [-0.2, -0.15) is 17.6 Å². The van der Waals surface area contributed by atoms with Crippen LogP contribution in [0, 0.1) is 11.6 Å². The van der Waals surface area contributed by atoms with Crippen LogP contribution >= 0.6 is 15.9 Å². The smallest absolute Gasteiger partial charge is 0.387 e. The third-order valence-corrected chi connectivity index (χ3v) is 4.50. The highest BCUT2D eigenvalue weighted by atomic mass is 79.9. The molecule has 2 aromatic rings. The van der Waals surface area contributed by atoms with E-state index in [1.807, 2.05) is 0 Å². The topological polar surface area (TPSA) is 64.8 Å². The number of anilines is 2. The van der Waals surface area contributed by atoms with Crippen molar-refractivity contribution in [2.24, 2.45) is 0 Å². The number of amides is 1. The molecule has 2 aromatic carbocycles. The van der Waals surface area contributed by atoms with Gasteiger partial charge in [0.25, 0.3) is 0 Å². The molecule has 0 aromatic heterocycles. The van der Waals surface area contributed by atoms with Crippen molar-refractivity contribution in [3.05, 3.63) is 48.0 Å². The first-order valence-electron chi connectivity index (χ1n) is 8.27. The summed E-state index contributed by atoms with van der Waals surface area (Å²) in [7, 11) is 0. The number of carbonyl (C=O) groups is 1. The minimum atomic E-state index is -3.03. The maximum Gasteiger partial charge on any atom is 0.387 e. The molecule has 0 bridgehead atoms. The van der Waals surface area contributed by atoms with Crippen molar-refractivity contribution in [3.8, 4) is 11.5 Å². The number of benzene rings is 2. The molecule has 30 heavy (non-hydrogen) atoms. The molecule has 0 radical (unpaired) electrons. The van der Waals surface area contributed by atoms with Crippen molar-refractivity contribution in [3.63, 3.8) is 0 Å². The number of hydrogen-bond donors (Lipinski definition) is 1. The first-order chi connectivity index (χ1) is 14.0. The second-order valence-electron chi connectivity index (χ2n) is 5.87. The molecular formula is C18H15BrF6N2O3. The molecule has 0 spiro atoms. The molecular weight excluding hydrogens is 486 g/mol. The van der Waals surface area contributed by atoms with Gasteiger partial charge in [0.2, 0.25) is 5.91 Å². The van der Waals surface area contributed by atoms with Crippen LogP contribution in [0.1, 0.15) is 6.42 Å². The fraction of sp³-hybridized carbons (Fsp3) is 0.278. The first-order valence-corrected chi connectivity index (χ1v) is 9.18. The van der Waals surface area contributed by atoms with Crippen molar-refractivity contribution >= 4 is 33.2 Å². The Balaban J connectivity index is 0.000000232. The van der Waals surface area contributed by atoms with E-state index in [1.54, 1.807) is 0 Å². The van der Waals surface area contributed by atoms with Crippen LogP contribution in [0.25, 0.3) is 0 Å². The highest BCUT2D eigenvalue weighted by molar-refractivity contribution is 9.10. The Bertz CT molecular complexity index is 867. The van der Waals surface area contributed by atoms with Crippen LogP contribution in [0.3, 0.4) is 0 Å². The Hall–Kier alpha value is -2.63. The van der Waals surface area contributed by atoms with E-state index in [0.29, 0.717) is 13.0 Å². The maximum absolute atomic E-state index is 13.3. The van der Waals surface area contributed by atoms with Crippen LogP contribution in [0.4, 0.5) is 37.7 Å². The zero-order valence-electron chi connectivity index (χ0n) is 15.0. The van der Waals surface area contributed by atoms with Gasteiger partial charge in [0.15, 0.2) is 0 Å². The number of rotatable bonds is 5. The van der Waals surface area contributed by atoms with Gasteiger partial charge in [-0.15, -0.1) is 0 Å². The van der Waals surface area contributed by atoms with E-state index in [4.69, 9.17) is 5.73 Å². The number of nitrogens with two attached hydrogens (primary N) is 1. The zero-order valence-corrected chi connectivity index (χ0v) is 16.6. The standard InChI is InChI=1S/C11H9BrF3NO2.C7H6F3NO/c12-9-1-2-16(10(9)17)7-3-6(13)4-8(5-7)18-11(14)15;8-4-1-5(11)3-6(2-4)12-7(9)10/h3-5,9,11H,1-2H2;1-3,7H,11H2. The third kappa shape index (κ3) is 7.01. The molecule has 5 nitrogen and oxygen atoms in total. The van der Waals surface area contributed by atoms with Crippen molar-refractivity contribution in [2.45, 2.75) is 24.5 Å². The van der Waals surface area contributed by atoms with E-state index in [1.165, 1.54) is 11.0 Å². The lowest BCUT2D eigenvalue weighted by Crippen LogP contribution is -2.27. The minimum absolute atomic E-state index is 0.0469. The van der Waals surface area contributed by atoms with Gasteiger partial charge in [0.1, 0.15) is 23.1 Å². The lowest BCUT2D eigenvalue weighted by molar-refractivity contribution is -0.116. The number of nitrogen functional groups attached to an aromatic ring is 1. The molecule has 1 atom stereocenters. The summed E-state index contributed by atoms with van der Waals surface area (Å²) in [5.41, 5.74) is 5.44. The molecule has 1 aliphatic heterocycles. The number of alkyl halides is 5. The van der Waals surface area contributed by atoms with Gasteiger partial charge in [-0.25, -0.2) is 8.78 Å². The SMILES string of the molecule is Nc1cc(F)cc(OC(F)F)c1.O=C1C(Br)CCN1c1cc(F)cc(OC(F)F)c1. The van der Waals surface area contributed by atoms with E-state index in [2.05, 4.69) is 25.4 Å². The van der Waals surface area contributed by atoms with E-state index < -0.39 is 24.9 Å². The predicted octanol–water partition coefficient (Wildman–Crippen LogP) is 4.94. The molecule has 1 saturated heterocycles. The predicted molar refractivity (Wildman–Crippen MR) is 100 cm³/mol. The number of carbonyl (C=O) groups excluding carboxylic acids is 1. The Morgan fingerprint density at radius 2 is 1.47 bits per heavy atom. The van der Waals surface area contributed by atoms with Crippen molar-refractivity contribution < 1.29 is 40.6 Å². The Labute approximate surface area is 175 Å². The van der Waals surface area contributed by atoms with Crippen molar-refractivity contribution in [2.75, 3.05) is 17.2 Å². The van der Waals surface area contributed by atoms with E-state index in [0.717, 1.165) is 30.3 Å². The fourth-order valence-electron chi connectivity index (χ4n) is 2.53. The van der Waals surface area contributed by atoms with Crippen LogP contribution in [-0.4, -0.2) is 30.5 Å². The normalized spacial score (nSPS) is 16.0. The summed E-state index contributed by atoms with van der Waals surface area (Å²) in [4.78, 5) is 12.7. The second-order valence-corrected chi connectivity index (χ2v) is 6.97. The molecule has 0 aliphatic carbocycles. The molecule has 1 fully saturated rings. The second kappa shape index (κ2) is 10.4. The maximum atomic E-state index is 13.3. The molecule has 1 heterocycles. The largest absolute Gasteiger partial charge is 0.435 e. The van der Waals surface area contributed by atoms with E-state index in [9.17, 15) is 31.1 Å². The van der Waals surface area contributed by atoms with Crippen LogP contribution in [0.2, 0.25) is 0 Å². The Morgan fingerprint density at radius 3 is 1.93 bits per heavy atom. The summed E-state index contributed by atoms with van der Waals surface area (Å²) in [5, 5.41) is 0. The van der Waals surface area contributed by atoms with Gasteiger partial charge < -0.3 is 20.1 Å². The lowest BCUT2D eigenvalue weighted by atomic mass is 10.2. The summed E-state index contributed by atoms with van der Waals surface area (Å²) in [5.74, 6) is -2.23. The van der Waals surface area contributed by atoms with Crippen molar-refractivity contribution in [1.29, 1.82) is 0 Å². The van der Waals surface area contributed by atoms with Gasteiger partial charge in [0, 0.05) is 36.5 Å². The first kappa shape index (κ1) is 23.6. The van der Waals surface area contributed by atoms with E-state index in [-0.39, 0.29) is 33.6 Å². The zero-order chi connectivity index (χ0) is 22.4. The van der Waals surface area contributed by atoms with Crippen LogP contribution < -0.4 is 20.1 Å².